The van der Waals surface area contributed by atoms with Gasteiger partial charge in [0.25, 0.3) is 0 Å². The van der Waals surface area contributed by atoms with Gasteiger partial charge in [-0.3, -0.25) is 4.90 Å². The molecule has 10 nitrogen and oxygen atoms in total. The Morgan fingerprint density at radius 2 is 2.00 bits per heavy atom. The number of carbonyl (C=O) groups is 1. The Labute approximate surface area is 192 Å². The van der Waals surface area contributed by atoms with E-state index < -0.39 is 9.84 Å². The average Bonchev–Trinajstić information content (AvgIpc) is 3.43. The number of imidazole rings is 1. The molecule has 1 amide bonds. The Hall–Kier alpha value is -2.95. The summed E-state index contributed by atoms with van der Waals surface area (Å²) >= 11 is 0. The van der Waals surface area contributed by atoms with Crippen LogP contribution in [0.15, 0.2) is 24.5 Å². The van der Waals surface area contributed by atoms with E-state index in [2.05, 4.69) is 14.8 Å². The Balaban J connectivity index is 1.63. The van der Waals surface area contributed by atoms with Crippen LogP contribution in [0, 0.1) is 0 Å². The van der Waals surface area contributed by atoms with Crippen LogP contribution in [-0.4, -0.2) is 63.7 Å². The van der Waals surface area contributed by atoms with Crippen molar-refractivity contribution in [1.29, 1.82) is 0 Å². The van der Waals surface area contributed by atoms with Crippen molar-refractivity contribution in [3.8, 4) is 0 Å². The molecule has 33 heavy (non-hydrogen) atoms. The number of hydrogen-bond acceptors (Lipinski definition) is 7. The topological polar surface area (TPSA) is 112 Å². The van der Waals surface area contributed by atoms with E-state index in [1.54, 1.807) is 22.1 Å². The minimum atomic E-state index is -3.10. The number of anilines is 1. The zero-order valence-corrected chi connectivity index (χ0v) is 19.7. The number of benzene rings is 1. The van der Waals surface area contributed by atoms with Gasteiger partial charge in [-0.05, 0) is 44.7 Å². The van der Waals surface area contributed by atoms with Crippen LogP contribution < -0.4 is 4.90 Å². The summed E-state index contributed by atoms with van der Waals surface area (Å²) < 4.78 is 32.0. The van der Waals surface area contributed by atoms with Crippen LogP contribution in [0.4, 0.5) is 10.5 Å². The Bertz CT molecular complexity index is 1280. The fourth-order valence-electron chi connectivity index (χ4n) is 5.17. The minimum absolute atomic E-state index is 0.0262. The lowest BCUT2D eigenvalue weighted by atomic mass is 9.95. The van der Waals surface area contributed by atoms with Crippen molar-refractivity contribution in [2.24, 2.45) is 0 Å². The predicted octanol–water partition coefficient (Wildman–Crippen LogP) is 2.53. The fraction of sp³-hybridized carbons (Fsp3) is 0.545. The first kappa shape index (κ1) is 21.9. The predicted molar refractivity (Wildman–Crippen MR) is 123 cm³/mol. The van der Waals surface area contributed by atoms with Crippen LogP contribution in [0.3, 0.4) is 0 Å². The molecule has 2 aliphatic rings. The molecule has 0 radical (unpaired) electrons. The molecule has 1 fully saturated rings. The number of carbonyl (C=O) groups excluding carboxylic acids is 1. The second-order valence-electron chi connectivity index (χ2n) is 8.84. The summed E-state index contributed by atoms with van der Waals surface area (Å²) in [7, 11) is -1.71. The summed E-state index contributed by atoms with van der Waals surface area (Å²) in [6, 6.07) is 3.77. The highest BCUT2D eigenvalue weighted by Crippen LogP contribution is 2.38. The minimum Gasteiger partial charge on any atom is -0.452 e. The van der Waals surface area contributed by atoms with Gasteiger partial charge in [0.2, 0.25) is 0 Å². The zero-order chi connectivity index (χ0) is 23.2. The van der Waals surface area contributed by atoms with Crippen molar-refractivity contribution < 1.29 is 17.9 Å². The van der Waals surface area contributed by atoms with E-state index in [-0.39, 0.29) is 29.7 Å². The van der Waals surface area contributed by atoms with E-state index in [1.807, 2.05) is 19.1 Å². The first-order valence-corrected chi connectivity index (χ1v) is 13.1. The van der Waals surface area contributed by atoms with Crippen LogP contribution in [0.25, 0.3) is 11.0 Å². The molecule has 3 aromatic rings. The van der Waals surface area contributed by atoms with Crippen molar-refractivity contribution >= 4 is 32.7 Å². The van der Waals surface area contributed by atoms with Crippen molar-refractivity contribution in [3.05, 3.63) is 35.9 Å². The number of rotatable bonds is 4. The molecule has 0 unspecified atom stereocenters. The maximum absolute atomic E-state index is 12.5. The Morgan fingerprint density at radius 1 is 1.21 bits per heavy atom. The van der Waals surface area contributed by atoms with E-state index in [0.29, 0.717) is 19.4 Å². The van der Waals surface area contributed by atoms with E-state index in [0.717, 1.165) is 47.4 Å². The number of nitrogens with zero attached hydrogens (tertiary/aromatic N) is 6. The number of amides is 1. The molecule has 0 saturated carbocycles. The molecule has 176 valence electrons. The van der Waals surface area contributed by atoms with Crippen LogP contribution in [0.5, 0.6) is 0 Å². The number of aryl methyl sites for hydroxylation is 3. The third kappa shape index (κ3) is 3.98. The fourth-order valence-corrected chi connectivity index (χ4v) is 6.84. The number of fused-ring (bicyclic) bond motifs is 3. The molecule has 0 bridgehead atoms. The average molecular weight is 473 g/mol. The van der Waals surface area contributed by atoms with Gasteiger partial charge in [-0.15, -0.1) is 0 Å². The Morgan fingerprint density at radius 3 is 2.73 bits per heavy atom. The monoisotopic (exact) mass is 472 g/mol. The lowest BCUT2D eigenvalue weighted by Crippen LogP contribution is -2.42. The summed E-state index contributed by atoms with van der Waals surface area (Å²) in [5, 5.41) is 8.36. The van der Waals surface area contributed by atoms with E-state index in [4.69, 9.17) is 9.72 Å². The first-order valence-electron chi connectivity index (χ1n) is 11.3. The lowest BCUT2D eigenvalue weighted by Gasteiger charge is -2.34. The molecular formula is C22H28N6O4S. The third-order valence-corrected chi connectivity index (χ3v) is 8.51. The van der Waals surface area contributed by atoms with Gasteiger partial charge in [0.05, 0.1) is 54.3 Å². The van der Waals surface area contributed by atoms with Gasteiger partial charge in [-0.25, -0.2) is 18.2 Å². The van der Waals surface area contributed by atoms with Gasteiger partial charge >= 0.3 is 6.09 Å². The van der Waals surface area contributed by atoms with Crippen molar-refractivity contribution in [1.82, 2.24) is 24.5 Å². The summed E-state index contributed by atoms with van der Waals surface area (Å²) in [6.07, 6.45) is 6.49. The van der Waals surface area contributed by atoms with Crippen LogP contribution in [-0.2, 0) is 34.0 Å². The van der Waals surface area contributed by atoms with Gasteiger partial charge < -0.3 is 9.30 Å². The number of methoxy groups -OCH3 is 1. The third-order valence-electron chi connectivity index (χ3n) is 6.71. The van der Waals surface area contributed by atoms with Gasteiger partial charge in [-0.2, -0.15) is 15.0 Å². The highest BCUT2D eigenvalue weighted by atomic mass is 32.2. The highest BCUT2D eigenvalue weighted by Gasteiger charge is 2.33. The number of sulfone groups is 1. The maximum Gasteiger partial charge on any atom is 0.414 e. The maximum atomic E-state index is 12.5. The van der Waals surface area contributed by atoms with Crippen LogP contribution in [0.2, 0.25) is 0 Å². The molecule has 1 saturated heterocycles. The molecule has 2 aromatic heterocycles. The van der Waals surface area contributed by atoms with Crippen LogP contribution in [0.1, 0.15) is 43.6 Å². The van der Waals surface area contributed by atoms with E-state index in [9.17, 15) is 13.2 Å². The SMILES string of the molecule is COC(=O)N1c2ccc3c(nc(CCn4nccn4)n3[C@H]3CCCS(=O)(=O)C3)c2CC[C@@H]1C. The number of ether oxygens (including phenoxy) is 1. The molecule has 1 aromatic carbocycles. The van der Waals surface area contributed by atoms with E-state index in [1.165, 1.54) is 7.11 Å². The zero-order valence-electron chi connectivity index (χ0n) is 18.8. The molecular weight excluding hydrogens is 444 g/mol. The highest BCUT2D eigenvalue weighted by molar-refractivity contribution is 7.91. The smallest absolute Gasteiger partial charge is 0.414 e. The molecule has 5 rings (SSSR count). The number of hydrogen-bond donors (Lipinski definition) is 0. The molecule has 0 aliphatic carbocycles. The molecule has 11 heteroatoms. The molecule has 2 aliphatic heterocycles. The summed E-state index contributed by atoms with van der Waals surface area (Å²) in [4.78, 5) is 20.8. The summed E-state index contributed by atoms with van der Waals surface area (Å²) in [6.45, 7) is 2.56. The Kier molecular flexibility index (Phi) is 5.59. The van der Waals surface area contributed by atoms with Crippen LogP contribution >= 0.6 is 0 Å². The quantitative estimate of drug-likeness (QED) is 0.573. The van der Waals surface area contributed by atoms with Crippen molar-refractivity contribution in [2.75, 3.05) is 23.5 Å². The summed E-state index contributed by atoms with van der Waals surface area (Å²) in [5.41, 5.74) is 3.57. The molecule has 0 N–H and O–H groups in total. The normalized spacial score (nSPS) is 22.3. The number of aromatic nitrogens is 5. The van der Waals surface area contributed by atoms with Gasteiger partial charge in [0.1, 0.15) is 5.82 Å². The second kappa shape index (κ2) is 8.44. The standard InChI is InChI=1S/C22H28N6O4S/c1-15-5-6-17-18(27(15)22(29)32-2)7-8-19-21(17)25-20(9-12-26-23-10-11-24-26)28(19)16-4-3-13-33(30,31)14-16/h7-8,10-11,15-16H,3-6,9,12-14H2,1-2H3/t15-,16-/m0/s1. The van der Waals surface area contributed by atoms with Crippen molar-refractivity contribution in [3.63, 3.8) is 0 Å². The summed E-state index contributed by atoms with van der Waals surface area (Å²) in [5.74, 6) is 1.18. The van der Waals surface area contributed by atoms with Gasteiger partial charge in [0.15, 0.2) is 9.84 Å². The molecule has 0 spiro atoms. The van der Waals surface area contributed by atoms with Crippen molar-refractivity contribution in [2.45, 2.75) is 57.7 Å². The van der Waals surface area contributed by atoms with Gasteiger partial charge in [-0.1, -0.05) is 0 Å². The largest absolute Gasteiger partial charge is 0.452 e. The van der Waals surface area contributed by atoms with Gasteiger partial charge in [0, 0.05) is 24.1 Å². The molecule has 2 atom stereocenters. The van der Waals surface area contributed by atoms with E-state index >= 15 is 0 Å². The molecule has 4 heterocycles. The second-order valence-corrected chi connectivity index (χ2v) is 11.1. The first-order chi connectivity index (χ1) is 15.9. The lowest BCUT2D eigenvalue weighted by molar-refractivity contribution is 0.175.